The highest BCUT2D eigenvalue weighted by atomic mass is 35.5. The first-order valence-corrected chi connectivity index (χ1v) is 5.67. The summed E-state index contributed by atoms with van der Waals surface area (Å²) in [4.78, 5) is 4.39. The number of pyridine rings is 1. The zero-order chi connectivity index (χ0) is 11.4. The van der Waals surface area contributed by atoms with Crippen LogP contribution >= 0.6 is 11.6 Å². The third-order valence-corrected chi connectivity index (χ3v) is 2.60. The van der Waals surface area contributed by atoms with Crippen LogP contribution in [0, 0.1) is 6.92 Å². The molecule has 0 bridgehead atoms. The number of rotatable bonds is 3. The lowest BCUT2D eigenvalue weighted by Gasteiger charge is -2.09. The van der Waals surface area contributed by atoms with Crippen molar-refractivity contribution in [3.05, 3.63) is 53.7 Å². The standard InChI is InChI=1S/C13H13ClN2/c1-10-5-4-8-13(15-10)16-12-7-3-2-6-11(12)9-14/h2-8H,9H2,1H3,(H,15,16). The molecule has 0 fully saturated rings. The summed E-state index contributed by atoms with van der Waals surface area (Å²) in [5.41, 5.74) is 3.08. The first-order valence-electron chi connectivity index (χ1n) is 5.14. The fourth-order valence-corrected chi connectivity index (χ4v) is 1.74. The third kappa shape index (κ3) is 2.52. The Labute approximate surface area is 100 Å². The molecular weight excluding hydrogens is 220 g/mol. The van der Waals surface area contributed by atoms with Crippen molar-refractivity contribution in [3.63, 3.8) is 0 Å². The molecule has 0 unspecified atom stereocenters. The zero-order valence-electron chi connectivity index (χ0n) is 9.07. The Morgan fingerprint density at radius 1 is 1.12 bits per heavy atom. The maximum atomic E-state index is 5.87. The van der Waals surface area contributed by atoms with Crippen LogP contribution < -0.4 is 5.32 Å². The molecular formula is C13H13ClN2. The van der Waals surface area contributed by atoms with Crippen molar-refractivity contribution in [1.82, 2.24) is 4.98 Å². The van der Waals surface area contributed by atoms with Crippen molar-refractivity contribution in [3.8, 4) is 0 Å². The molecule has 3 heteroatoms. The molecule has 1 aromatic heterocycles. The van der Waals surface area contributed by atoms with Gasteiger partial charge < -0.3 is 5.32 Å². The van der Waals surface area contributed by atoms with Gasteiger partial charge in [0, 0.05) is 17.3 Å². The first kappa shape index (κ1) is 11.0. The number of benzene rings is 1. The number of aromatic nitrogens is 1. The van der Waals surface area contributed by atoms with E-state index in [9.17, 15) is 0 Å². The van der Waals surface area contributed by atoms with Crippen LogP contribution in [-0.4, -0.2) is 4.98 Å². The number of hydrogen-bond acceptors (Lipinski definition) is 2. The van der Waals surface area contributed by atoms with Crippen LogP contribution in [0.4, 0.5) is 11.5 Å². The summed E-state index contributed by atoms with van der Waals surface area (Å²) in [5, 5.41) is 3.27. The summed E-state index contributed by atoms with van der Waals surface area (Å²) < 4.78 is 0. The molecule has 0 saturated heterocycles. The fraction of sp³-hybridized carbons (Fsp3) is 0.154. The molecule has 0 aliphatic carbocycles. The summed E-state index contributed by atoms with van der Waals surface area (Å²) in [6, 6.07) is 13.9. The van der Waals surface area contributed by atoms with Gasteiger partial charge in [-0.15, -0.1) is 11.6 Å². The smallest absolute Gasteiger partial charge is 0.130 e. The van der Waals surface area contributed by atoms with E-state index in [1.54, 1.807) is 0 Å². The van der Waals surface area contributed by atoms with Crippen LogP contribution in [0.1, 0.15) is 11.3 Å². The Bertz CT molecular complexity index is 483. The molecule has 82 valence electrons. The SMILES string of the molecule is Cc1cccc(Nc2ccccc2CCl)n1. The molecule has 0 aliphatic heterocycles. The molecule has 0 saturated carbocycles. The number of para-hydroxylation sites is 1. The molecule has 0 spiro atoms. The van der Waals surface area contributed by atoms with Crippen LogP contribution in [0.15, 0.2) is 42.5 Å². The van der Waals surface area contributed by atoms with Gasteiger partial charge in [-0.2, -0.15) is 0 Å². The van der Waals surface area contributed by atoms with Crippen molar-refractivity contribution >= 4 is 23.1 Å². The maximum Gasteiger partial charge on any atom is 0.130 e. The highest BCUT2D eigenvalue weighted by Gasteiger charge is 2.01. The summed E-state index contributed by atoms with van der Waals surface area (Å²) >= 11 is 5.87. The van der Waals surface area contributed by atoms with Crippen LogP contribution in [0.3, 0.4) is 0 Å². The zero-order valence-corrected chi connectivity index (χ0v) is 9.83. The monoisotopic (exact) mass is 232 g/mol. The normalized spacial score (nSPS) is 10.1. The van der Waals surface area contributed by atoms with E-state index in [1.165, 1.54) is 0 Å². The van der Waals surface area contributed by atoms with Crippen molar-refractivity contribution in [2.75, 3.05) is 5.32 Å². The average Bonchev–Trinajstić information content (AvgIpc) is 2.30. The number of nitrogens with one attached hydrogen (secondary N) is 1. The lowest BCUT2D eigenvalue weighted by Crippen LogP contribution is -1.97. The Balaban J connectivity index is 2.26. The van der Waals surface area contributed by atoms with Gasteiger partial charge in [-0.1, -0.05) is 24.3 Å². The highest BCUT2D eigenvalue weighted by molar-refractivity contribution is 6.17. The number of aryl methyl sites for hydroxylation is 1. The van der Waals surface area contributed by atoms with Gasteiger partial charge in [0.1, 0.15) is 5.82 Å². The lowest BCUT2D eigenvalue weighted by molar-refractivity contribution is 1.19. The predicted molar refractivity (Wildman–Crippen MR) is 68.3 cm³/mol. The van der Waals surface area contributed by atoms with E-state index in [4.69, 9.17) is 11.6 Å². The van der Waals surface area contributed by atoms with Gasteiger partial charge in [0.25, 0.3) is 0 Å². The second-order valence-corrected chi connectivity index (χ2v) is 3.85. The summed E-state index contributed by atoms with van der Waals surface area (Å²) in [5.74, 6) is 1.34. The third-order valence-electron chi connectivity index (χ3n) is 2.31. The largest absolute Gasteiger partial charge is 0.340 e. The minimum atomic E-state index is 0.495. The van der Waals surface area contributed by atoms with Gasteiger partial charge in [0.2, 0.25) is 0 Å². The van der Waals surface area contributed by atoms with Gasteiger partial charge in [-0.05, 0) is 30.7 Å². The summed E-state index contributed by atoms with van der Waals surface area (Å²) in [7, 11) is 0. The molecule has 1 heterocycles. The highest BCUT2D eigenvalue weighted by Crippen LogP contribution is 2.20. The number of alkyl halides is 1. The van der Waals surface area contributed by atoms with Gasteiger partial charge in [0.15, 0.2) is 0 Å². The van der Waals surface area contributed by atoms with E-state index in [0.29, 0.717) is 5.88 Å². The second kappa shape index (κ2) is 4.99. The molecule has 16 heavy (non-hydrogen) atoms. The van der Waals surface area contributed by atoms with E-state index in [2.05, 4.69) is 10.3 Å². The molecule has 0 amide bonds. The molecule has 1 N–H and O–H groups in total. The van der Waals surface area contributed by atoms with Crippen molar-refractivity contribution in [2.45, 2.75) is 12.8 Å². The Morgan fingerprint density at radius 3 is 2.69 bits per heavy atom. The van der Waals surface area contributed by atoms with Crippen molar-refractivity contribution in [1.29, 1.82) is 0 Å². The van der Waals surface area contributed by atoms with E-state index in [1.807, 2.05) is 49.4 Å². The summed E-state index contributed by atoms with van der Waals surface area (Å²) in [6.45, 7) is 1.97. The molecule has 0 aliphatic rings. The first-order chi connectivity index (χ1) is 7.79. The predicted octanol–water partition coefficient (Wildman–Crippen LogP) is 3.87. The quantitative estimate of drug-likeness (QED) is 0.813. The molecule has 2 aromatic rings. The van der Waals surface area contributed by atoms with Gasteiger partial charge >= 0.3 is 0 Å². The van der Waals surface area contributed by atoms with Crippen molar-refractivity contribution < 1.29 is 0 Å². The number of nitrogens with zero attached hydrogens (tertiary/aromatic N) is 1. The summed E-state index contributed by atoms with van der Waals surface area (Å²) in [6.07, 6.45) is 0. The number of anilines is 2. The van der Waals surface area contributed by atoms with Gasteiger partial charge in [-0.25, -0.2) is 4.98 Å². The van der Waals surface area contributed by atoms with Crippen molar-refractivity contribution in [2.24, 2.45) is 0 Å². The van der Waals surface area contributed by atoms with E-state index < -0.39 is 0 Å². The molecule has 0 radical (unpaired) electrons. The second-order valence-electron chi connectivity index (χ2n) is 3.58. The van der Waals surface area contributed by atoms with E-state index >= 15 is 0 Å². The average molecular weight is 233 g/mol. The van der Waals surface area contributed by atoms with Crippen LogP contribution in [0.2, 0.25) is 0 Å². The Hall–Kier alpha value is -1.54. The molecule has 2 nitrogen and oxygen atoms in total. The number of hydrogen-bond donors (Lipinski definition) is 1. The minimum absolute atomic E-state index is 0.495. The van der Waals surface area contributed by atoms with E-state index in [0.717, 1.165) is 22.8 Å². The molecule has 0 atom stereocenters. The Kier molecular flexibility index (Phi) is 3.42. The lowest BCUT2D eigenvalue weighted by atomic mass is 10.2. The van der Waals surface area contributed by atoms with E-state index in [-0.39, 0.29) is 0 Å². The maximum absolute atomic E-state index is 5.87. The topological polar surface area (TPSA) is 24.9 Å². The van der Waals surface area contributed by atoms with Crippen LogP contribution in [0.25, 0.3) is 0 Å². The Morgan fingerprint density at radius 2 is 1.94 bits per heavy atom. The number of halogens is 1. The minimum Gasteiger partial charge on any atom is -0.340 e. The van der Waals surface area contributed by atoms with Crippen LogP contribution in [-0.2, 0) is 5.88 Å². The fourth-order valence-electron chi connectivity index (χ4n) is 1.51. The molecule has 1 aromatic carbocycles. The van der Waals surface area contributed by atoms with Gasteiger partial charge in [-0.3, -0.25) is 0 Å². The molecule has 2 rings (SSSR count). The van der Waals surface area contributed by atoms with Gasteiger partial charge in [0.05, 0.1) is 0 Å². The van der Waals surface area contributed by atoms with Crippen LogP contribution in [0.5, 0.6) is 0 Å².